The van der Waals surface area contributed by atoms with Crippen LogP contribution in [0.3, 0.4) is 0 Å². The maximum atomic E-state index is 12.9. The number of benzene rings is 1. The Morgan fingerprint density at radius 3 is 2.56 bits per heavy atom. The predicted molar refractivity (Wildman–Crippen MR) is 97.2 cm³/mol. The third-order valence-corrected chi connectivity index (χ3v) is 4.27. The molecule has 9 heteroatoms. The van der Waals surface area contributed by atoms with Gasteiger partial charge in [0.15, 0.2) is 5.82 Å². The lowest BCUT2D eigenvalue weighted by Crippen LogP contribution is -2.24. The maximum absolute atomic E-state index is 12.9. The molecule has 3 rings (SSSR count). The Bertz CT molecular complexity index is 832. The van der Waals surface area contributed by atoms with Crippen molar-refractivity contribution in [2.45, 2.75) is 19.0 Å². The van der Waals surface area contributed by atoms with E-state index in [2.05, 4.69) is 20.2 Å². The van der Waals surface area contributed by atoms with E-state index in [4.69, 9.17) is 0 Å². The highest BCUT2D eigenvalue weighted by molar-refractivity contribution is 6.05. The number of amides is 1. The zero-order valence-electron chi connectivity index (χ0n) is 15.0. The molecule has 2 heterocycles. The normalized spacial score (nSPS) is 14.3. The quantitative estimate of drug-likeness (QED) is 0.882. The topological polar surface area (TPSA) is 61.4 Å². The van der Waals surface area contributed by atoms with Crippen molar-refractivity contribution in [2.75, 3.05) is 42.3 Å². The Morgan fingerprint density at radius 2 is 1.93 bits per heavy atom. The molecule has 1 fully saturated rings. The number of rotatable bonds is 4. The molecule has 0 saturated carbocycles. The summed E-state index contributed by atoms with van der Waals surface area (Å²) in [5.74, 6) is 0.419. The van der Waals surface area contributed by atoms with E-state index in [0.717, 1.165) is 38.1 Å². The van der Waals surface area contributed by atoms with Crippen LogP contribution in [-0.2, 0) is 6.18 Å². The smallest absolute Gasteiger partial charge is 0.361 e. The van der Waals surface area contributed by atoms with Crippen LogP contribution in [-0.4, -0.2) is 43.1 Å². The highest BCUT2D eigenvalue weighted by Gasteiger charge is 2.31. The molecule has 1 amide bonds. The minimum atomic E-state index is -4.51. The average molecular weight is 379 g/mol. The first-order valence-corrected chi connectivity index (χ1v) is 8.53. The monoisotopic (exact) mass is 379 g/mol. The number of halogens is 3. The summed E-state index contributed by atoms with van der Waals surface area (Å²) in [6, 6.07) is 4.29. The van der Waals surface area contributed by atoms with Crippen molar-refractivity contribution in [3.8, 4) is 0 Å². The van der Waals surface area contributed by atoms with Gasteiger partial charge >= 0.3 is 6.18 Å². The van der Waals surface area contributed by atoms with E-state index in [-0.39, 0.29) is 5.56 Å². The van der Waals surface area contributed by atoms with Gasteiger partial charge in [-0.2, -0.15) is 18.2 Å². The standard InChI is InChI=1S/C18H20F3N5O/c1-25(2)15-14(11-22-17(24-15)26-8-3-4-9-26)23-16(27)12-6-5-7-13(10-12)18(19,20)21/h5-7,10-11H,3-4,8-9H2,1-2H3,(H,23,27). The molecule has 1 N–H and O–H groups in total. The number of nitrogens with zero attached hydrogens (tertiary/aromatic N) is 4. The van der Waals surface area contributed by atoms with Crippen LogP contribution in [0, 0.1) is 0 Å². The molecular weight excluding hydrogens is 359 g/mol. The third-order valence-electron chi connectivity index (χ3n) is 4.27. The van der Waals surface area contributed by atoms with Gasteiger partial charge in [0, 0.05) is 32.7 Å². The molecule has 27 heavy (non-hydrogen) atoms. The van der Waals surface area contributed by atoms with E-state index in [1.54, 1.807) is 19.0 Å². The molecule has 0 unspecified atom stereocenters. The molecule has 0 spiro atoms. The first-order chi connectivity index (χ1) is 12.8. The molecule has 2 aromatic rings. The van der Waals surface area contributed by atoms with Crippen LogP contribution >= 0.6 is 0 Å². The summed E-state index contributed by atoms with van der Waals surface area (Å²) >= 11 is 0. The Kier molecular flexibility index (Phi) is 5.20. The number of anilines is 3. The van der Waals surface area contributed by atoms with Crippen molar-refractivity contribution >= 4 is 23.4 Å². The Balaban J connectivity index is 1.85. The first kappa shape index (κ1) is 18.9. The minimum absolute atomic E-state index is 0.0850. The largest absolute Gasteiger partial charge is 0.416 e. The fraction of sp³-hybridized carbons (Fsp3) is 0.389. The number of carbonyl (C=O) groups excluding carboxylic acids is 1. The first-order valence-electron chi connectivity index (χ1n) is 8.53. The fourth-order valence-corrected chi connectivity index (χ4v) is 2.89. The molecule has 144 valence electrons. The average Bonchev–Trinajstić information content (AvgIpc) is 3.16. The molecule has 1 saturated heterocycles. The maximum Gasteiger partial charge on any atom is 0.416 e. The molecule has 1 aliphatic heterocycles. The minimum Gasteiger partial charge on any atom is -0.361 e. The van der Waals surface area contributed by atoms with Gasteiger partial charge in [0.2, 0.25) is 5.95 Å². The van der Waals surface area contributed by atoms with Gasteiger partial charge in [-0.3, -0.25) is 4.79 Å². The van der Waals surface area contributed by atoms with E-state index >= 15 is 0 Å². The molecule has 1 aromatic carbocycles. The molecule has 0 radical (unpaired) electrons. The summed E-state index contributed by atoms with van der Waals surface area (Å²) in [6.07, 6.45) is -0.865. The van der Waals surface area contributed by atoms with Crippen molar-refractivity contribution in [3.05, 3.63) is 41.6 Å². The van der Waals surface area contributed by atoms with E-state index in [9.17, 15) is 18.0 Å². The van der Waals surface area contributed by atoms with Crippen LogP contribution in [0.1, 0.15) is 28.8 Å². The van der Waals surface area contributed by atoms with Gasteiger partial charge in [-0.05, 0) is 31.0 Å². The predicted octanol–water partition coefficient (Wildman–Crippen LogP) is 3.41. The van der Waals surface area contributed by atoms with E-state index < -0.39 is 17.6 Å². The fourth-order valence-electron chi connectivity index (χ4n) is 2.89. The Labute approximate surface area is 155 Å². The second-order valence-electron chi connectivity index (χ2n) is 6.53. The molecule has 0 bridgehead atoms. The van der Waals surface area contributed by atoms with Gasteiger partial charge in [0.25, 0.3) is 5.91 Å². The lowest BCUT2D eigenvalue weighted by Gasteiger charge is -2.21. The Hall–Kier alpha value is -2.84. The number of carbonyl (C=O) groups is 1. The number of hydrogen-bond donors (Lipinski definition) is 1. The summed E-state index contributed by atoms with van der Waals surface area (Å²) in [4.78, 5) is 25.0. The van der Waals surface area contributed by atoms with Crippen LogP contribution in [0.25, 0.3) is 0 Å². The lowest BCUT2D eigenvalue weighted by atomic mass is 10.1. The molecule has 1 aromatic heterocycles. The van der Waals surface area contributed by atoms with Crippen LogP contribution in [0.2, 0.25) is 0 Å². The van der Waals surface area contributed by atoms with Gasteiger partial charge in [-0.1, -0.05) is 6.07 Å². The molecule has 6 nitrogen and oxygen atoms in total. The van der Waals surface area contributed by atoms with Gasteiger partial charge in [-0.25, -0.2) is 4.98 Å². The molecule has 0 atom stereocenters. The number of alkyl halides is 3. The molecule has 1 aliphatic rings. The van der Waals surface area contributed by atoms with Crippen molar-refractivity contribution in [2.24, 2.45) is 0 Å². The van der Waals surface area contributed by atoms with E-state index in [0.29, 0.717) is 17.5 Å². The zero-order chi connectivity index (χ0) is 19.6. The van der Waals surface area contributed by atoms with Gasteiger partial charge in [-0.15, -0.1) is 0 Å². The molecular formula is C18H20F3N5O. The number of aromatic nitrogens is 2. The summed E-state index contributed by atoms with van der Waals surface area (Å²) in [6.45, 7) is 1.76. The van der Waals surface area contributed by atoms with Crippen molar-refractivity contribution in [1.82, 2.24) is 9.97 Å². The van der Waals surface area contributed by atoms with Gasteiger partial charge in [0.1, 0.15) is 5.69 Å². The van der Waals surface area contributed by atoms with Gasteiger partial charge in [0.05, 0.1) is 11.8 Å². The second kappa shape index (κ2) is 7.42. The highest BCUT2D eigenvalue weighted by Crippen LogP contribution is 2.30. The van der Waals surface area contributed by atoms with Gasteiger partial charge < -0.3 is 15.1 Å². The van der Waals surface area contributed by atoms with E-state index in [1.807, 2.05) is 0 Å². The summed E-state index contributed by atoms with van der Waals surface area (Å²) in [5, 5.41) is 2.61. The van der Waals surface area contributed by atoms with Crippen molar-refractivity contribution < 1.29 is 18.0 Å². The zero-order valence-corrected chi connectivity index (χ0v) is 15.0. The third kappa shape index (κ3) is 4.29. The number of nitrogens with one attached hydrogen (secondary N) is 1. The Morgan fingerprint density at radius 1 is 1.22 bits per heavy atom. The summed E-state index contributed by atoms with van der Waals surface area (Å²) < 4.78 is 38.6. The SMILES string of the molecule is CN(C)c1nc(N2CCCC2)ncc1NC(=O)c1cccc(C(F)(F)F)c1. The molecule has 0 aliphatic carbocycles. The second-order valence-corrected chi connectivity index (χ2v) is 6.53. The van der Waals surface area contributed by atoms with Crippen LogP contribution in [0.4, 0.5) is 30.6 Å². The number of hydrogen-bond acceptors (Lipinski definition) is 5. The van der Waals surface area contributed by atoms with Crippen molar-refractivity contribution in [3.63, 3.8) is 0 Å². The highest BCUT2D eigenvalue weighted by atomic mass is 19.4. The van der Waals surface area contributed by atoms with Crippen LogP contribution < -0.4 is 15.1 Å². The lowest BCUT2D eigenvalue weighted by molar-refractivity contribution is -0.137. The van der Waals surface area contributed by atoms with Crippen LogP contribution in [0.15, 0.2) is 30.5 Å². The summed E-state index contributed by atoms with van der Waals surface area (Å²) in [5.41, 5.74) is -0.618. The summed E-state index contributed by atoms with van der Waals surface area (Å²) in [7, 11) is 3.55. The van der Waals surface area contributed by atoms with Crippen molar-refractivity contribution in [1.29, 1.82) is 0 Å². The van der Waals surface area contributed by atoms with E-state index in [1.165, 1.54) is 18.3 Å². The van der Waals surface area contributed by atoms with Crippen LogP contribution in [0.5, 0.6) is 0 Å².